The molecule has 0 atom stereocenters. The van der Waals surface area contributed by atoms with Crippen LogP contribution in [0.1, 0.15) is 36.7 Å². The molecule has 1 heterocycles. The zero-order chi connectivity index (χ0) is 17.2. The first-order chi connectivity index (χ1) is 11.4. The molecule has 2 aromatic carbocycles. The molecular formula is C18H19N5O. The summed E-state index contributed by atoms with van der Waals surface area (Å²) < 4.78 is 1.51. The van der Waals surface area contributed by atoms with Crippen LogP contribution in [0.5, 0.6) is 0 Å². The average molecular weight is 321 g/mol. The van der Waals surface area contributed by atoms with E-state index in [9.17, 15) is 4.79 Å². The predicted octanol–water partition coefficient (Wildman–Crippen LogP) is 3.21. The van der Waals surface area contributed by atoms with Gasteiger partial charge in [-0.2, -0.15) is 0 Å². The minimum atomic E-state index is -0.165. The molecule has 1 amide bonds. The fourth-order valence-corrected chi connectivity index (χ4v) is 2.51. The van der Waals surface area contributed by atoms with Crippen molar-refractivity contribution in [2.24, 2.45) is 0 Å². The highest BCUT2D eigenvalue weighted by Gasteiger charge is 2.19. The molecule has 3 aromatic rings. The molecule has 0 unspecified atom stereocenters. The van der Waals surface area contributed by atoms with E-state index in [0.717, 1.165) is 16.9 Å². The number of tetrazole rings is 1. The van der Waals surface area contributed by atoms with Gasteiger partial charge in [0.1, 0.15) is 6.33 Å². The van der Waals surface area contributed by atoms with E-state index >= 15 is 0 Å². The monoisotopic (exact) mass is 321 g/mol. The second-order valence-corrected chi connectivity index (χ2v) is 6.55. The molecule has 0 saturated heterocycles. The summed E-state index contributed by atoms with van der Waals surface area (Å²) in [5.41, 5.74) is 3.14. The third kappa shape index (κ3) is 3.32. The molecule has 24 heavy (non-hydrogen) atoms. The smallest absolute Gasteiger partial charge is 0.255 e. The summed E-state index contributed by atoms with van der Waals surface area (Å²) in [4.78, 5) is 12.6. The number of aromatic nitrogens is 4. The maximum absolute atomic E-state index is 12.6. The van der Waals surface area contributed by atoms with Gasteiger partial charge in [0.25, 0.3) is 5.91 Å². The highest BCUT2D eigenvalue weighted by Crippen LogP contribution is 2.29. The summed E-state index contributed by atoms with van der Waals surface area (Å²) >= 11 is 0. The molecular weight excluding hydrogens is 302 g/mol. The minimum absolute atomic E-state index is 0.0574. The zero-order valence-corrected chi connectivity index (χ0v) is 13.9. The van der Waals surface area contributed by atoms with Crippen LogP contribution in [0.15, 0.2) is 54.9 Å². The number of para-hydroxylation sites is 1. The van der Waals surface area contributed by atoms with E-state index in [1.807, 2.05) is 36.4 Å². The molecule has 1 aromatic heterocycles. The maximum atomic E-state index is 12.6. The van der Waals surface area contributed by atoms with Crippen molar-refractivity contribution in [1.29, 1.82) is 0 Å². The molecule has 0 aliphatic carbocycles. The fraction of sp³-hybridized carbons (Fsp3) is 0.222. The van der Waals surface area contributed by atoms with Crippen molar-refractivity contribution in [3.63, 3.8) is 0 Å². The highest BCUT2D eigenvalue weighted by atomic mass is 16.1. The minimum Gasteiger partial charge on any atom is -0.322 e. The Morgan fingerprint density at radius 3 is 2.58 bits per heavy atom. The maximum Gasteiger partial charge on any atom is 0.255 e. The average Bonchev–Trinajstić information content (AvgIpc) is 3.09. The van der Waals surface area contributed by atoms with Crippen LogP contribution in [-0.2, 0) is 5.41 Å². The van der Waals surface area contributed by atoms with Crippen LogP contribution < -0.4 is 5.32 Å². The molecule has 122 valence electrons. The molecule has 0 aliphatic heterocycles. The Bertz CT molecular complexity index is 850. The van der Waals surface area contributed by atoms with Crippen LogP contribution in [0.2, 0.25) is 0 Å². The SMILES string of the molecule is CC(C)(C)c1ccccc1NC(=O)c1cccc(-n2cnnn2)c1. The van der Waals surface area contributed by atoms with Gasteiger partial charge in [-0.15, -0.1) is 5.10 Å². The second-order valence-electron chi connectivity index (χ2n) is 6.55. The zero-order valence-electron chi connectivity index (χ0n) is 13.9. The first kappa shape index (κ1) is 15.9. The Kier molecular flexibility index (Phi) is 4.12. The number of hydrogen-bond acceptors (Lipinski definition) is 4. The third-order valence-electron chi connectivity index (χ3n) is 3.71. The summed E-state index contributed by atoms with van der Waals surface area (Å²) in [5.74, 6) is -0.165. The van der Waals surface area contributed by atoms with Gasteiger partial charge in [0.05, 0.1) is 5.69 Å². The summed E-state index contributed by atoms with van der Waals surface area (Å²) in [6, 6.07) is 15.0. The van der Waals surface area contributed by atoms with Gasteiger partial charge >= 0.3 is 0 Å². The van der Waals surface area contributed by atoms with Crippen molar-refractivity contribution in [3.05, 3.63) is 66.0 Å². The van der Waals surface area contributed by atoms with E-state index in [2.05, 4.69) is 41.6 Å². The molecule has 1 N–H and O–H groups in total. The normalized spacial score (nSPS) is 11.3. The van der Waals surface area contributed by atoms with Gasteiger partial charge in [0, 0.05) is 11.3 Å². The number of carbonyl (C=O) groups excluding carboxylic acids is 1. The first-order valence-corrected chi connectivity index (χ1v) is 7.69. The van der Waals surface area contributed by atoms with Crippen molar-refractivity contribution >= 4 is 11.6 Å². The van der Waals surface area contributed by atoms with Gasteiger partial charge in [0.15, 0.2) is 0 Å². The van der Waals surface area contributed by atoms with Gasteiger partial charge in [-0.3, -0.25) is 4.79 Å². The van der Waals surface area contributed by atoms with E-state index in [-0.39, 0.29) is 11.3 Å². The number of anilines is 1. The Balaban J connectivity index is 1.88. The van der Waals surface area contributed by atoms with Gasteiger partial charge in [-0.05, 0) is 45.7 Å². The number of amides is 1. The van der Waals surface area contributed by atoms with Crippen LogP contribution in [0, 0.1) is 0 Å². The summed E-state index contributed by atoms with van der Waals surface area (Å²) in [6.07, 6.45) is 1.49. The Morgan fingerprint density at radius 2 is 1.88 bits per heavy atom. The molecule has 0 radical (unpaired) electrons. The van der Waals surface area contributed by atoms with Crippen molar-refractivity contribution in [3.8, 4) is 5.69 Å². The van der Waals surface area contributed by atoms with Crippen molar-refractivity contribution < 1.29 is 4.79 Å². The molecule has 0 bridgehead atoms. The predicted molar refractivity (Wildman–Crippen MR) is 92.2 cm³/mol. The fourth-order valence-electron chi connectivity index (χ4n) is 2.51. The molecule has 6 nitrogen and oxygen atoms in total. The number of nitrogens with zero attached hydrogens (tertiary/aromatic N) is 4. The van der Waals surface area contributed by atoms with Gasteiger partial charge in [0.2, 0.25) is 0 Å². The molecule has 0 aliphatic rings. The number of benzene rings is 2. The Morgan fingerprint density at radius 1 is 1.08 bits per heavy atom. The van der Waals surface area contributed by atoms with Crippen molar-refractivity contribution in [1.82, 2.24) is 20.2 Å². The van der Waals surface area contributed by atoms with Crippen LogP contribution in [-0.4, -0.2) is 26.1 Å². The molecule has 0 saturated carbocycles. The standard InChI is InChI=1S/C18H19N5O/c1-18(2,3)15-9-4-5-10-16(15)20-17(24)13-7-6-8-14(11-13)23-12-19-21-22-23/h4-12H,1-3H3,(H,20,24). The molecule has 3 rings (SSSR count). The van der Waals surface area contributed by atoms with Crippen molar-refractivity contribution in [2.45, 2.75) is 26.2 Å². The number of rotatable bonds is 3. The largest absolute Gasteiger partial charge is 0.322 e. The Hall–Kier alpha value is -3.02. The van der Waals surface area contributed by atoms with E-state index in [0.29, 0.717) is 5.56 Å². The van der Waals surface area contributed by atoms with Crippen LogP contribution in [0.3, 0.4) is 0 Å². The van der Waals surface area contributed by atoms with Gasteiger partial charge < -0.3 is 5.32 Å². The number of nitrogens with one attached hydrogen (secondary N) is 1. The molecule has 6 heteroatoms. The summed E-state index contributed by atoms with van der Waals surface area (Å²) in [6.45, 7) is 6.36. The lowest BCUT2D eigenvalue weighted by atomic mass is 9.86. The lowest BCUT2D eigenvalue weighted by Gasteiger charge is -2.23. The Labute approximate surface area is 140 Å². The van der Waals surface area contributed by atoms with E-state index < -0.39 is 0 Å². The number of carbonyl (C=O) groups is 1. The molecule has 0 spiro atoms. The highest BCUT2D eigenvalue weighted by molar-refractivity contribution is 6.05. The lowest BCUT2D eigenvalue weighted by Crippen LogP contribution is -2.18. The summed E-state index contributed by atoms with van der Waals surface area (Å²) in [7, 11) is 0. The van der Waals surface area contributed by atoms with Gasteiger partial charge in [-0.1, -0.05) is 45.0 Å². The van der Waals surface area contributed by atoms with Crippen LogP contribution in [0.25, 0.3) is 5.69 Å². The van der Waals surface area contributed by atoms with E-state index in [1.54, 1.807) is 12.1 Å². The molecule has 0 fully saturated rings. The van der Waals surface area contributed by atoms with Crippen molar-refractivity contribution in [2.75, 3.05) is 5.32 Å². The van der Waals surface area contributed by atoms with E-state index in [1.165, 1.54) is 11.0 Å². The van der Waals surface area contributed by atoms with Crippen LogP contribution in [0.4, 0.5) is 5.69 Å². The third-order valence-corrected chi connectivity index (χ3v) is 3.71. The second kappa shape index (κ2) is 6.23. The number of hydrogen-bond donors (Lipinski definition) is 1. The quantitative estimate of drug-likeness (QED) is 0.804. The van der Waals surface area contributed by atoms with Crippen LogP contribution >= 0.6 is 0 Å². The lowest BCUT2D eigenvalue weighted by molar-refractivity contribution is 0.102. The van der Waals surface area contributed by atoms with Gasteiger partial charge in [-0.25, -0.2) is 4.68 Å². The topological polar surface area (TPSA) is 72.7 Å². The first-order valence-electron chi connectivity index (χ1n) is 7.69. The van der Waals surface area contributed by atoms with E-state index in [4.69, 9.17) is 0 Å². The summed E-state index contributed by atoms with van der Waals surface area (Å²) in [5, 5.41) is 14.1.